The Balaban J connectivity index is 2.17. The van der Waals surface area contributed by atoms with Crippen molar-refractivity contribution in [3.8, 4) is 0 Å². The van der Waals surface area contributed by atoms with E-state index in [0.29, 0.717) is 17.8 Å². The topological polar surface area (TPSA) is 86.5 Å². The fraction of sp³-hybridized carbons (Fsp3) is 0.250. The molecule has 0 fully saturated rings. The Morgan fingerprint density at radius 3 is 3.11 bits per heavy atom. The molecule has 3 rings (SSSR count). The van der Waals surface area contributed by atoms with Gasteiger partial charge < -0.3 is 15.3 Å². The number of amides is 1. The second-order valence-electron chi connectivity index (χ2n) is 4.10. The van der Waals surface area contributed by atoms with Crippen LogP contribution in [0.4, 0.5) is 0 Å². The van der Waals surface area contributed by atoms with Gasteiger partial charge in [0.05, 0.1) is 29.0 Å². The van der Waals surface area contributed by atoms with E-state index in [-0.39, 0.29) is 5.91 Å². The van der Waals surface area contributed by atoms with Crippen LogP contribution in [0.15, 0.2) is 18.7 Å². The van der Waals surface area contributed by atoms with Crippen molar-refractivity contribution in [2.75, 3.05) is 6.54 Å². The number of carbonyl (C=O) groups is 1. The second-order valence-corrected chi connectivity index (χ2v) is 4.10. The van der Waals surface area contributed by atoms with Gasteiger partial charge in [0.15, 0.2) is 0 Å². The smallest absolute Gasteiger partial charge is 0.253 e. The van der Waals surface area contributed by atoms with Gasteiger partial charge in [-0.2, -0.15) is 0 Å². The molecule has 3 heterocycles. The maximum atomic E-state index is 12.0. The molecular weight excluding hydrogens is 230 g/mol. The van der Waals surface area contributed by atoms with Gasteiger partial charge in [0, 0.05) is 12.7 Å². The van der Waals surface area contributed by atoms with Crippen LogP contribution in [0.5, 0.6) is 0 Å². The Morgan fingerprint density at radius 2 is 2.28 bits per heavy atom. The molecule has 6 heteroatoms. The third kappa shape index (κ3) is 1.54. The third-order valence-electron chi connectivity index (χ3n) is 2.87. The number of nitrogens with zero attached hydrogens (tertiary/aromatic N) is 2. The van der Waals surface area contributed by atoms with Gasteiger partial charge in [0.1, 0.15) is 11.2 Å². The van der Waals surface area contributed by atoms with Crippen molar-refractivity contribution in [2.24, 2.45) is 0 Å². The molecule has 3 N–H and O–H groups in total. The predicted octanol–water partition coefficient (Wildman–Crippen LogP) is 1.58. The summed E-state index contributed by atoms with van der Waals surface area (Å²) in [5, 5.41) is 3.63. The Bertz CT molecular complexity index is 711. The highest BCUT2D eigenvalue weighted by Crippen LogP contribution is 2.23. The predicted molar refractivity (Wildman–Crippen MR) is 68.4 cm³/mol. The van der Waals surface area contributed by atoms with Crippen molar-refractivity contribution in [1.29, 1.82) is 0 Å². The second kappa shape index (κ2) is 4.14. The van der Waals surface area contributed by atoms with E-state index in [4.69, 9.17) is 0 Å². The molecule has 1 amide bonds. The molecule has 0 aliphatic rings. The van der Waals surface area contributed by atoms with Gasteiger partial charge in [-0.1, -0.05) is 6.92 Å². The zero-order valence-corrected chi connectivity index (χ0v) is 9.95. The number of nitrogens with one attached hydrogen (secondary N) is 3. The lowest BCUT2D eigenvalue weighted by Gasteiger charge is -2.01. The molecule has 0 saturated carbocycles. The normalized spacial score (nSPS) is 11.2. The van der Waals surface area contributed by atoms with Crippen LogP contribution in [0.3, 0.4) is 0 Å². The highest BCUT2D eigenvalue weighted by Gasteiger charge is 2.16. The fourth-order valence-electron chi connectivity index (χ4n) is 2.00. The molecule has 0 aliphatic carbocycles. The minimum Gasteiger partial charge on any atom is -0.352 e. The van der Waals surface area contributed by atoms with E-state index in [9.17, 15) is 4.79 Å². The molecule has 18 heavy (non-hydrogen) atoms. The van der Waals surface area contributed by atoms with Gasteiger partial charge in [-0.05, 0) is 6.42 Å². The van der Waals surface area contributed by atoms with E-state index in [2.05, 4.69) is 25.3 Å². The van der Waals surface area contributed by atoms with Crippen molar-refractivity contribution >= 4 is 28.0 Å². The first kappa shape index (κ1) is 10.8. The van der Waals surface area contributed by atoms with Gasteiger partial charge in [-0.15, -0.1) is 0 Å². The first-order chi connectivity index (χ1) is 8.81. The Kier molecular flexibility index (Phi) is 2.47. The highest BCUT2D eigenvalue weighted by atomic mass is 16.1. The van der Waals surface area contributed by atoms with Gasteiger partial charge >= 0.3 is 0 Å². The molecule has 0 aliphatic heterocycles. The Labute approximate surface area is 103 Å². The number of rotatable bonds is 3. The SMILES string of the molecule is CCCNC(=O)c1c[nH]c2ncc3[nH]cnc3c12. The van der Waals surface area contributed by atoms with Crippen LogP contribution in [0.1, 0.15) is 23.7 Å². The van der Waals surface area contributed by atoms with Crippen LogP contribution in [-0.2, 0) is 0 Å². The molecule has 92 valence electrons. The first-order valence-corrected chi connectivity index (χ1v) is 5.88. The largest absolute Gasteiger partial charge is 0.352 e. The minimum absolute atomic E-state index is 0.0969. The van der Waals surface area contributed by atoms with Crippen molar-refractivity contribution < 1.29 is 4.79 Å². The number of hydrogen-bond acceptors (Lipinski definition) is 3. The van der Waals surface area contributed by atoms with E-state index >= 15 is 0 Å². The summed E-state index contributed by atoms with van der Waals surface area (Å²) >= 11 is 0. The third-order valence-corrected chi connectivity index (χ3v) is 2.87. The molecule has 0 unspecified atom stereocenters. The van der Waals surface area contributed by atoms with Gasteiger partial charge in [0.2, 0.25) is 0 Å². The summed E-state index contributed by atoms with van der Waals surface area (Å²) in [6, 6.07) is 0. The van der Waals surface area contributed by atoms with E-state index in [1.165, 1.54) is 0 Å². The van der Waals surface area contributed by atoms with Crippen molar-refractivity contribution in [3.63, 3.8) is 0 Å². The number of carbonyl (C=O) groups excluding carboxylic acids is 1. The minimum atomic E-state index is -0.0969. The number of hydrogen-bond donors (Lipinski definition) is 3. The molecule has 0 saturated heterocycles. The molecule has 6 nitrogen and oxygen atoms in total. The molecule has 0 atom stereocenters. The van der Waals surface area contributed by atoms with Crippen LogP contribution < -0.4 is 5.32 Å². The standard InChI is InChI=1S/C12H13N5O/c1-2-3-13-12(18)7-4-14-11-9(7)10-8(5-15-11)16-6-17-10/h4-6H,2-3H2,1H3,(H,13,18)(H,14,15)(H,16,17). The summed E-state index contributed by atoms with van der Waals surface area (Å²) in [6.07, 6.45) is 5.89. The van der Waals surface area contributed by atoms with Crippen LogP contribution >= 0.6 is 0 Å². The summed E-state index contributed by atoms with van der Waals surface area (Å²) < 4.78 is 0. The number of aromatic amines is 2. The van der Waals surface area contributed by atoms with E-state index in [1.807, 2.05) is 6.92 Å². The highest BCUT2D eigenvalue weighted by molar-refractivity contribution is 6.14. The summed E-state index contributed by atoms with van der Waals surface area (Å²) in [7, 11) is 0. The number of pyridine rings is 1. The number of H-pyrrole nitrogens is 2. The molecule has 0 bridgehead atoms. The number of aromatic nitrogens is 4. The fourth-order valence-corrected chi connectivity index (χ4v) is 2.00. The molecule has 0 radical (unpaired) electrons. The van der Waals surface area contributed by atoms with Crippen molar-refractivity contribution in [1.82, 2.24) is 25.3 Å². The van der Waals surface area contributed by atoms with Crippen LogP contribution in [0.2, 0.25) is 0 Å². The molecule has 3 aromatic rings. The number of imidazole rings is 1. The zero-order chi connectivity index (χ0) is 12.5. The van der Waals surface area contributed by atoms with Gasteiger partial charge in [-0.25, -0.2) is 9.97 Å². The van der Waals surface area contributed by atoms with Crippen LogP contribution in [-0.4, -0.2) is 32.4 Å². The van der Waals surface area contributed by atoms with E-state index in [0.717, 1.165) is 22.8 Å². The van der Waals surface area contributed by atoms with E-state index in [1.54, 1.807) is 18.7 Å². The quantitative estimate of drug-likeness (QED) is 0.652. The van der Waals surface area contributed by atoms with Gasteiger partial charge in [-0.3, -0.25) is 4.79 Å². The summed E-state index contributed by atoms with van der Waals surface area (Å²) in [4.78, 5) is 26.5. The lowest BCUT2D eigenvalue weighted by atomic mass is 10.2. The van der Waals surface area contributed by atoms with Crippen molar-refractivity contribution in [3.05, 3.63) is 24.3 Å². The molecule has 0 spiro atoms. The monoisotopic (exact) mass is 243 g/mol. The van der Waals surface area contributed by atoms with Gasteiger partial charge in [0.25, 0.3) is 5.91 Å². The maximum absolute atomic E-state index is 12.0. The Morgan fingerprint density at radius 1 is 1.39 bits per heavy atom. The summed E-state index contributed by atoms with van der Waals surface area (Å²) in [5.74, 6) is -0.0969. The lowest BCUT2D eigenvalue weighted by molar-refractivity contribution is 0.0955. The molecule has 0 aromatic carbocycles. The van der Waals surface area contributed by atoms with Crippen molar-refractivity contribution in [2.45, 2.75) is 13.3 Å². The zero-order valence-electron chi connectivity index (χ0n) is 9.95. The summed E-state index contributed by atoms with van der Waals surface area (Å²) in [5.41, 5.74) is 2.86. The molecular formula is C12H13N5O. The summed E-state index contributed by atoms with van der Waals surface area (Å²) in [6.45, 7) is 2.68. The first-order valence-electron chi connectivity index (χ1n) is 5.88. The lowest BCUT2D eigenvalue weighted by Crippen LogP contribution is -2.23. The average molecular weight is 243 g/mol. The molecule has 3 aromatic heterocycles. The number of fused-ring (bicyclic) bond motifs is 3. The maximum Gasteiger partial charge on any atom is 0.253 e. The van der Waals surface area contributed by atoms with Crippen LogP contribution in [0.25, 0.3) is 22.1 Å². The van der Waals surface area contributed by atoms with Crippen LogP contribution in [0, 0.1) is 0 Å². The average Bonchev–Trinajstić information content (AvgIpc) is 3.00. The van der Waals surface area contributed by atoms with E-state index < -0.39 is 0 Å². The Hall–Kier alpha value is -2.37.